The Morgan fingerprint density at radius 1 is 1.33 bits per heavy atom. The molecule has 2 atom stereocenters. The van der Waals surface area contributed by atoms with Crippen LogP contribution in [0.25, 0.3) is 11.2 Å². The van der Waals surface area contributed by atoms with Gasteiger partial charge in [0.2, 0.25) is 11.9 Å². The zero-order valence-electron chi connectivity index (χ0n) is 15.5. The number of aromatic nitrogens is 6. The van der Waals surface area contributed by atoms with E-state index in [-0.39, 0.29) is 5.91 Å². The van der Waals surface area contributed by atoms with E-state index in [1.54, 1.807) is 37.4 Å². The van der Waals surface area contributed by atoms with Crippen molar-refractivity contribution in [2.45, 2.75) is 38.8 Å². The fourth-order valence-corrected chi connectivity index (χ4v) is 3.00. The van der Waals surface area contributed by atoms with Gasteiger partial charge in [-0.3, -0.25) is 9.48 Å². The third-order valence-corrected chi connectivity index (χ3v) is 4.86. The molecule has 3 aromatic heterocycles. The third kappa shape index (κ3) is 3.55. The van der Waals surface area contributed by atoms with Crippen molar-refractivity contribution in [1.82, 2.24) is 35.0 Å². The quantitative estimate of drug-likeness (QED) is 0.500. The molecule has 2 unspecified atom stereocenters. The second-order valence-electron chi connectivity index (χ2n) is 6.89. The summed E-state index contributed by atoms with van der Waals surface area (Å²) in [6.45, 7) is 3.95. The lowest BCUT2D eigenvalue weighted by Crippen LogP contribution is -2.27. The van der Waals surface area contributed by atoms with Crippen molar-refractivity contribution in [3.63, 3.8) is 0 Å². The molecule has 0 bridgehead atoms. The minimum atomic E-state index is -0.406. The van der Waals surface area contributed by atoms with Gasteiger partial charge < -0.3 is 20.9 Å². The Bertz CT molecular complexity index is 958. The predicted molar refractivity (Wildman–Crippen MR) is 102 cm³/mol. The molecule has 1 aliphatic carbocycles. The zero-order chi connectivity index (χ0) is 19.0. The summed E-state index contributed by atoms with van der Waals surface area (Å²) in [5.74, 6) is 1.73. The summed E-state index contributed by atoms with van der Waals surface area (Å²) >= 11 is 0. The van der Waals surface area contributed by atoms with Gasteiger partial charge in [-0.1, -0.05) is 0 Å². The van der Waals surface area contributed by atoms with E-state index in [0.29, 0.717) is 29.2 Å². The topological polar surface area (TPSA) is 125 Å². The van der Waals surface area contributed by atoms with Crippen molar-refractivity contribution in [3.05, 3.63) is 18.7 Å². The van der Waals surface area contributed by atoms with Crippen molar-refractivity contribution < 1.29 is 4.79 Å². The maximum absolute atomic E-state index is 11.8. The number of nitrogens with zero attached hydrogens (tertiary/aromatic N) is 5. The van der Waals surface area contributed by atoms with Crippen LogP contribution in [-0.2, 0) is 4.79 Å². The standard InChI is InChI=1S/C17H23N9O/c1-9(11-4-5-11)22-15-13-14(20-8-19-13)24-17(25-15)23-12-6-21-26(7-12)10(2)16(27)18-3/h6-11H,4-5H2,1-3H3,(H,18,27)(H3,19,20,22,23,24,25). The van der Waals surface area contributed by atoms with Gasteiger partial charge >= 0.3 is 0 Å². The molecule has 0 aliphatic heterocycles. The maximum Gasteiger partial charge on any atom is 0.244 e. The van der Waals surface area contributed by atoms with Gasteiger partial charge in [-0.15, -0.1) is 0 Å². The van der Waals surface area contributed by atoms with Crippen molar-refractivity contribution >= 4 is 34.5 Å². The average molecular weight is 369 g/mol. The first kappa shape index (κ1) is 17.3. The molecule has 1 amide bonds. The van der Waals surface area contributed by atoms with E-state index < -0.39 is 6.04 Å². The number of carbonyl (C=O) groups excluding carboxylic acids is 1. The molecule has 0 saturated heterocycles. The smallest absolute Gasteiger partial charge is 0.244 e. The Morgan fingerprint density at radius 3 is 2.89 bits per heavy atom. The number of hydrogen-bond acceptors (Lipinski definition) is 7. The number of anilines is 3. The van der Waals surface area contributed by atoms with E-state index in [1.807, 2.05) is 0 Å². The van der Waals surface area contributed by atoms with Crippen LogP contribution in [0.4, 0.5) is 17.5 Å². The summed E-state index contributed by atoms with van der Waals surface area (Å²) in [6, 6.07) is -0.0627. The Morgan fingerprint density at radius 2 is 2.15 bits per heavy atom. The fourth-order valence-electron chi connectivity index (χ4n) is 3.00. The van der Waals surface area contributed by atoms with E-state index in [1.165, 1.54) is 12.8 Å². The highest BCUT2D eigenvalue weighted by Crippen LogP contribution is 2.34. The number of rotatable bonds is 7. The molecular weight excluding hydrogens is 346 g/mol. The molecule has 27 heavy (non-hydrogen) atoms. The van der Waals surface area contributed by atoms with E-state index in [9.17, 15) is 4.79 Å². The largest absolute Gasteiger partial charge is 0.365 e. The summed E-state index contributed by atoms with van der Waals surface area (Å²) in [7, 11) is 1.60. The zero-order valence-corrected chi connectivity index (χ0v) is 15.5. The van der Waals surface area contributed by atoms with Crippen LogP contribution in [-0.4, -0.2) is 48.7 Å². The van der Waals surface area contributed by atoms with Crippen LogP contribution in [0.5, 0.6) is 0 Å². The average Bonchev–Trinajstić information content (AvgIpc) is 3.24. The second-order valence-corrected chi connectivity index (χ2v) is 6.89. The molecule has 1 saturated carbocycles. The summed E-state index contributed by atoms with van der Waals surface area (Å²) < 4.78 is 1.59. The molecule has 4 rings (SSSR count). The van der Waals surface area contributed by atoms with E-state index in [0.717, 1.165) is 11.3 Å². The minimum Gasteiger partial charge on any atom is -0.365 e. The molecule has 4 N–H and O–H groups in total. The highest BCUT2D eigenvalue weighted by atomic mass is 16.2. The van der Waals surface area contributed by atoms with Crippen LogP contribution < -0.4 is 16.0 Å². The summed E-state index contributed by atoms with van der Waals surface area (Å²) in [5.41, 5.74) is 2.07. The Kier molecular flexibility index (Phi) is 4.38. The Labute approximate surface area is 156 Å². The summed E-state index contributed by atoms with van der Waals surface area (Å²) in [5, 5.41) is 13.5. The number of amides is 1. The maximum atomic E-state index is 11.8. The number of carbonyl (C=O) groups is 1. The normalized spacial score (nSPS) is 16.1. The minimum absolute atomic E-state index is 0.112. The number of hydrogen-bond donors (Lipinski definition) is 4. The molecule has 142 valence electrons. The SMILES string of the molecule is CNC(=O)C(C)n1cc(Nc2nc(NC(C)C3CC3)c3[nH]cnc3n2)cn1. The number of fused-ring (bicyclic) bond motifs is 1. The lowest BCUT2D eigenvalue weighted by molar-refractivity contribution is -0.123. The van der Waals surface area contributed by atoms with Gasteiger partial charge in [0.25, 0.3) is 0 Å². The first-order valence-electron chi connectivity index (χ1n) is 9.05. The van der Waals surface area contributed by atoms with Gasteiger partial charge in [0.05, 0.1) is 18.2 Å². The summed E-state index contributed by atoms with van der Waals surface area (Å²) in [6.07, 6.45) is 7.49. The van der Waals surface area contributed by atoms with Crippen molar-refractivity contribution in [2.75, 3.05) is 17.7 Å². The number of aromatic amines is 1. The van der Waals surface area contributed by atoms with Gasteiger partial charge in [0, 0.05) is 19.3 Å². The highest BCUT2D eigenvalue weighted by Gasteiger charge is 2.28. The van der Waals surface area contributed by atoms with Gasteiger partial charge in [-0.2, -0.15) is 15.1 Å². The van der Waals surface area contributed by atoms with Gasteiger partial charge in [0.15, 0.2) is 11.5 Å². The number of H-pyrrole nitrogens is 1. The van der Waals surface area contributed by atoms with Crippen LogP contribution in [0.2, 0.25) is 0 Å². The molecule has 3 aromatic rings. The molecule has 0 radical (unpaired) electrons. The van der Waals surface area contributed by atoms with Crippen LogP contribution in [0, 0.1) is 5.92 Å². The lowest BCUT2D eigenvalue weighted by Gasteiger charge is -2.14. The molecule has 10 nitrogen and oxygen atoms in total. The van der Waals surface area contributed by atoms with E-state index in [2.05, 4.69) is 47.9 Å². The second kappa shape index (κ2) is 6.86. The number of imidazole rings is 1. The Balaban J connectivity index is 1.57. The van der Waals surface area contributed by atoms with Crippen molar-refractivity contribution in [1.29, 1.82) is 0 Å². The van der Waals surface area contributed by atoms with E-state index >= 15 is 0 Å². The number of nitrogens with one attached hydrogen (secondary N) is 4. The van der Waals surface area contributed by atoms with Crippen molar-refractivity contribution in [3.8, 4) is 0 Å². The van der Waals surface area contributed by atoms with Crippen LogP contribution in [0.1, 0.15) is 32.7 Å². The molecule has 1 aliphatic rings. The van der Waals surface area contributed by atoms with Gasteiger partial charge in [-0.25, -0.2) is 4.98 Å². The monoisotopic (exact) mass is 369 g/mol. The van der Waals surface area contributed by atoms with Crippen LogP contribution in [0.3, 0.4) is 0 Å². The number of likely N-dealkylation sites (N-methyl/N-ethyl adjacent to an activating group) is 1. The molecule has 3 heterocycles. The Hall–Kier alpha value is -3.17. The molecule has 0 aromatic carbocycles. The van der Waals surface area contributed by atoms with Crippen LogP contribution in [0.15, 0.2) is 18.7 Å². The van der Waals surface area contributed by atoms with Gasteiger partial charge in [0.1, 0.15) is 11.6 Å². The highest BCUT2D eigenvalue weighted by molar-refractivity contribution is 5.84. The van der Waals surface area contributed by atoms with Gasteiger partial charge in [-0.05, 0) is 32.6 Å². The predicted octanol–water partition coefficient (Wildman–Crippen LogP) is 1.81. The third-order valence-electron chi connectivity index (χ3n) is 4.86. The summed E-state index contributed by atoms with van der Waals surface area (Å²) in [4.78, 5) is 28.2. The lowest BCUT2D eigenvalue weighted by atomic mass is 10.2. The van der Waals surface area contributed by atoms with Crippen molar-refractivity contribution in [2.24, 2.45) is 5.92 Å². The molecule has 10 heteroatoms. The first-order valence-corrected chi connectivity index (χ1v) is 9.05. The molecule has 1 fully saturated rings. The molecule has 0 spiro atoms. The fraction of sp³-hybridized carbons (Fsp3) is 0.471. The van der Waals surface area contributed by atoms with Crippen LogP contribution >= 0.6 is 0 Å². The first-order chi connectivity index (χ1) is 13.0. The molecular formula is C17H23N9O. The van der Waals surface area contributed by atoms with E-state index in [4.69, 9.17) is 0 Å².